The number of hydrogen-bond donors (Lipinski definition) is 0. The van der Waals surface area contributed by atoms with Gasteiger partial charge in [0.2, 0.25) is 10.0 Å². The Labute approximate surface area is 162 Å². The van der Waals surface area contributed by atoms with E-state index in [-0.39, 0.29) is 21.4 Å². The van der Waals surface area contributed by atoms with Crippen LogP contribution in [0.5, 0.6) is 0 Å². The van der Waals surface area contributed by atoms with Gasteiger partial charge in [-0.05, 0) is 26.0 Å². The van der Waals surface area contributed by atoms with Crippen LogP contribution in [0.25, 0.3) is 0 Å². The monoisotopic (exact) mass is 419 g/mol. The quantitative estimate of drug-likeness (QED) is 0.748. The third-order valence-electron chi connectivity index (χ3n) is 6.47. The number of nitrogens with zero attached hydrogens (tertiary/aromatic N) is 3. The molecule has 0 aliphatic carbocycles. The summed E-state index contributed by atoms with van der Waals surface area (Å²) in [4.78, 5) is 5.65. The van der Waals surface area contributed by atoms with E-state index in [0.29, 0.717) is 19.1 Å². The summed E-state index contributed by atoms with van der Waals surface area (Å²) in [6.07, 6.45) is -4.60. The molecule has 0 N–H and O–H groups in total. The van der Waals surface area contributed by atoms with Gasteiger partial charge >= 0.3 is 6.18 Å². The molecule has 1 spiro atoms. The summed E-state index contributed by atoms with van der Waals surface area (Å²) >= 11 is 0. The topological polar surface area (TPSA) is 62.7 Å². The van der Waals surface area contributed by atoms with Crippen molar-refractivity contribution in [1.82, 2.24) is 14.2 Å². The molecule has 10 heteroatoms. The molecule has 6 nitrogen and oxygen atoms in total. The van der Waals surface area contributed by atoms with Crippen LogP contribution >= 0.6 is 0 Å². The van der Waals surface area contributed by atoms with Crippen LogP contribution < -0.4 is 0 Å². The Morgan fingerprint density at radius 2 is 1.79 bits per heavy atom. The van der Waals surface area contributed by atoms with Gasteiger partial charge in [-0.15, -0.1) is 0 Å². The van der Waals surface area contributed by atoms with Crippen LogP contribution in [0.2, 0.25) is 0 Å². The van der Waals surface area contributed by atoms with Crippen molar-refractivity contribution in [3.05, 3.63) is 23.5 Å². The molecule has 4 heterocycles. The Morgan fingerprint density at radius 3 is 2.25 bits per heavy atom. The molecule has 0 saturated carbocycles. The molecule has 28 heavy (non-hydrogen) atoms. The lowest BCUT2D eigenvalue weighted by molar-refractivity contribution is -0.182. The van der Waals surface area contributed by atoms with Gasteiger partial charge in [0.1, 0.15) is 10.6 Å². The van der Waals surface area contributed by atoms with Gasteiger partial charge in [-0.2, -0.15) is 17.5 Å². The Bertz CT molecular complexity index is 885. The van der Waals surface area contributed by atoms with Crippen LogP contribution in [0, 0.1) is 17.8 Å². The Kier molecular flexibility index (Phi) is 4.39. The molecule has 3 fully saturated rings. The first-order chi connectivity index (χ1) is 12.9. The number of ether oxygens (including phenoxy) is 1. The fourth-order valence-electron chi connectivity index (χ4n) is 4.38. The first-order valence-corrected chi connectivity index (χ1v) is 10.7. The Balaban J connectivity index is 1.41. The van der Waals surface area contributed by atoms with Crippen LogP contribution in [0.15, 0.2) is 17.0 Å². The van der Waals surface area contributed by atoms with Gasteiger partial charge in [-0.1, -0.05) is 6.92 Å². The normalized spacial score (nSPS) is 25.6. The van der Waals surface area contributed by atoms with E-state index in [1.807, 2.05) is 0 Å². The largest absolute Gasteiger partial charge is 0.433 e. The molecular formula is C18H24F3N3O3S. The number of aromatic nitrogens is 1. The third-order valence-corrected chi connectivity index (χ3v) is 8.39. The number of likely N-dealkylation sites (tertiary alicyclic amines) is 1. The molecule has 4 rings (SSSR count). The predicted molar refractivity (Wildman–Crippen MR) is 95.1 cm³/mol. The van der Waals surface area contributed by atoms with E-state index in [1.165, 1.54) is 11.2 Å². The summed E-state index contributed by atoms with van der Waals surface area (Å²) in [5.41, 5.74) is -1.10. The maximum Gasteiger partial charge on any atom is 0.433 e. The molecule has 0 radical (unpaired) electrons. The van der Waals surface area contributed by atoms with Crippen LogP contribution in [0.1, 0.15) is 25.2 Å². The minimum atomic E-state index is -4.60. The van der Waals surface area contributed by atoms with E-state index in [0.717, 1.165) is 38.4 Å². The Hall–Kier alpha value is -1.23. The summed E-state index contributed by atoms with van der Waals surface area (Å²) in [6, 6.07) is 2.11. The number of halogens is 3. The van der Waals surface area contributed by atoms with Gasteiger partial charge < -0.3 is 4.74 Å². The van der Waals surface area contributed by atoms with E-state index in [9.17, 15) is 21.6 Å². The second kappa shape index (κ2) is 6.13. The molecule has 3 aliphatic heterocycles. The smallest absolute Gasteiger partial charge is 0.380 e. The highest BCUT2D eigenvalue weighted by atomic mass is 32.2. The van der Waals surface area contributed by atoms with E-state index < -0.39 is 21.9 Å². The van der Waals surface area contributed by atoms with Crippen molar-refractivity contribution in [2.75, 3.05) is 39.4 Å². The first kappa shape index (κ1) is 20.1. The fraction of sp³-hybridized carbons (Fsp3) is 0.722. The zero-order valence-corrected chi connectivity index (χ0v) is 16.9. The Morgan fingerprint density at radius 1 is 1.18 bits per heavy atom. The molecule has 1 atom stereocenters. The van der Waals surface area contributed by atoms with E-state index in [4.69, 9.17) is 4.74 Å². The van der Waals surface area contributed by atoms with Crippen molar-refractivity contribution in [3.8, 4) is 0 Å². The van der Waals surface area contributed by atoms with Crippen LogP contribution in [-0.4, -0.2) is 68.0 Å². The maximum absolute atomic E-state index is 12.8. The van der Waals surface area contributed by atoms with Crippen molar-refractivity contribution in [3.63, 3.8) is 0 Å². The van der Waals surface area contributed by atoms with E-state index in [1.54, 1.807) is 0 Å². The predicted octanol–water partition coefficient (Wildman–Crippen LogP) is 2.14. The summed E-state index contributed by atoms with van der Waals surface area (Å²) in [7, 11) is -3.84. The molecule has 156 valence electrons. The number of hydrogen-bond acceptors (Lipinski definition) is 5. The minimum absolute atomic E-state index is 0.0461. The molecule has 0 amide bonds. The molecular weight excluding hydrogens is 395 g/mol. The van der Waals surface area contributed by atoms with Gasteiger partial charge in [-0.25, -0.2) is 13.4 Å². The van der Waals surface area contributed by atoms with Crippen molar-refractivity contribution < 1.29 is 26.3 Å². The molecule has 0 bridgehead atoms. The molecule has 0 aromatic carbocycles. The highest BCUT2D eigenvalue weighted by Crippen LogP contribution is 2.46. The van der Waals surface area contributed by atoms with Crippen LogP contribution in [0.3, 0.4) is 0 Å². The number of pyridine rings is 1. The second-order valence-corrected chi connectivity index (χ2v) is 10.7. The number of rotatable bonds is 4. The second-order valence-electron chi connectivity index (χ2n) is 8.78. The fourth-order valence-corrected chi connectivity index (χ4v) is 6.21. The van der Waals surface area contributed by atoms with Gasteiger partial charge in [-0.3, -0.25) is 4.90 Å². The average Bonchev–Trinajstić information content (AvgIpc) is 2.48. The molecule has 3 aliphatic rings. The number of aryl methyl sites for hydroxylation is 1. The summed E-state index contributed by atoms with van der Waals surface area (Å²) < 4.78 is 70.6. The standard InChI is InChI=1S/C18H24F3N3O3S/c1-12-14(4-5-15(22-12)18(19,20)21)28(25,26)24-8-17(9-24)6-23(7-17)13(2)16(3)10-27-11-16/h4-5,13H,6-11H2,1-3H3/t13-/m0/s1. The lowest BCUT2D eigenvalue weighted by atomic mass is 9.70. The van der Waals surface area contributed by atoms with Gasteiger partial charge in [0.05, 0.1) is 18.9 Å². The average molecular weight is 419 g/mol. The molecule has 0 unspecified atom stereocenters. The molecule has 1 aromatic heterocycles. The van der Waals surface area contributed by atoms with E-state index in [2.05, 4.69) is 23.7 Å². The number of alkyl halides is 3. The lowest BCUT2D eigenvalue weighted by Gasteiger charge is -2.63. The van der Waals surface area contributed by atoms with Crippen molar-refractivity contribution in [2.24, 2.45) is 10.8 Å². The van der Waals surface area contributed by atoms with Crippen LogP contribution in [0.4, 0.5) is 13.2 Å². The third kappa shape index (κ3) is 3.05. The van der Waals surface area contributed by atoms with Crippen molar-refractivity contribution >= 4 is 10.0 Å². The maximum atomic E-state index is 12.8. The lowest BCUT2D eigenvalue weighted by Crippen LogP contribution is -2.75. The van der Waals surface area contributed by atoms with Crippen molar-refractivity contribution in [1.29, 1.82) is 0 Å². The molecule has 3 saturated heterocycles. The SMILES string of the molecule is Cc1nc(C(F)(F)F)ccc1S(=O)(=O)N1CC2(CN([C@@H](C)C3(C)COC3)C2)C1. The first-order valence-electron chi connectivity index (χ1n) is 9.23. The van der Waals surface area contributed by atoms with Crippen molar-refractivity contribution in [2.45, 2.75) is 37.9 Å². The zero-order valence-electron chi connectivity index (χ0n) is 16.1. The van der Waals surface area contributed by atoms with Gasteiger partial charge in [0.15, 0.2) is 0 Å². The summed E-state index contributed by atoms with van der Waals surface area (Å²) in [5, 5.41) is 0. The summed E-state index contributed by atoms with van der Waals surface area (Å²) in [6.45, 7) is 9.63. The highest BCUT2D eigenvalue weighted by molar-refractivity contribution is 7.89. The minimum Gasteiger partial charge on any atom is -0.380 e. The van der Waals surface area contributed by atoms with E-state index >= 15 is 0 Å². The molecule has 1 aromatic rings. The van der Waals surface area contributed by atoms with Crippen LogP contribution in [-0.2, 0) is 20.9 Å². The van der Waals surface area contributed by atoms with Gasteiger partial charge in [0.25, 0.3) is 0 Å². The highest BCUT2D eigenvalue weighted by Gasteiger charge is 2.58. The van der Waals surface area contributed by atoms with Gasteiger partial charge in [0, 0.05) is 43.1 Å². The number of sulfonamides is 1. The zero-order chi connectivity index (χ0) is 20.5. The summed E-state index contributed by atoms with van der Waals surface area (Å²) in [5.74, 6) is 0.